The first kappa shape index (κ1) is 10.9. The fourth-order valence-electron chi connectivity index (χ4n) is 2.24. The van der Waals surface area contributed by atoms with Crippen molar-refractivity contribution < 1.29 is 18.7 Å². The van der Waals surface area contributed by atoms with E-state index in [0.717, 1.165) is 0 Å². The van der Waals surface area contributed by atoms with Gasteiger partial charge in [0.05, 0.1) is 19.3 Å². The van der Waals surface area contributed by atoms with Crippen LogP contribution in [0.5, 0.6) is 0 Å². The Morgan fingerprint density at radius 1 is 1.56 bits per heavy atom. The third-order valence-electron chi connectivity index (χ3n) is 3.08. The summed E-state index contributed by atoms with van der Waals surface area (Å²) in [6, 6.07) is 3.57. The van der Waals surface area contributed by atoms with Crippen molar-refractivity contribution in [1.82, 2.24) is 0 Å². The van der Waals surface area contributed by atoms with Crippen LogP contribution in [-0.4, -0.2) is 18.9 Å². The number of hydrogen-bond acceptors (Lipinski definition) is 4. The summed E-state index contributed by atoms with van der Waals surface area (Å²) in [5.74, 6) is 0.205. The molecule has 0 aliphatic heterocycles. The van der Waals surface area contributed by atoms with Crippen LogP contribution in [-0.2, 0) is 14.3 Å². The van der Waals surface area contributed by atoms with Crippen LogP contribution in [0.2, 0.25) is 0 Å². The quantitative estimate of drug-likeness (QED) is 0.717. The van der Waals surface area contributed by atoms with Crippen molar-refractivity contribution in [2.45, 2.75) is 25.2 Å². The van der Waals surface area contributed by atoms with E-state index >= 15 is 0 Å². The fourth-order valence-corrected chi connectivity index (χ4v) is 2.24. The highest BCUT2D eigenvalue weighted by Gasteiger charge is 2.37. The van der Waals surface area contributed by atoms with E-state index in [1.165, 1.54) is 7.11 Å². The highest BCUT2D eigenvalue weighted by molar-refractivity contribution is 5.84. The van der Waals surface area contributed by atoms with E-state index < -0.39 is 0 Å². The van der Waals surface area contributed by atoms with Crippen LogP contribution in [0.1, 0.15) is 30.9 Å². The van der Waals surface area contributed by atoms with Gasteiger partial charge in [0.1, 0.15) is 11.5 Å². The van der Waals surface area contributed by atoms with Gasteiger partial charge in [-0.1, -0.05) is 0 Å². The Bertz CT molecular complexity index is 380. The second-order valence-corrected chi connectivity index (χ2v) is 4.03. The Morgan fingerprint density at radius 3 is 3.00 bits per heavy atom. The molecular formula is C12H14O4. The summed E-state index contributed by atoms with van der Waals surface area (Å²) in [6.45, 7) is 0. The maximum absolute atomic E-state index is 11.6. The minimum Gasteiger partial charge on any atom is -0.469 e. The van der Waals surface area contributed by atoms with Gasteiger partial charge in [0.15, 0.2) is 0 Å². The van der Waals surface area contributed by atoms with E-state index in [4.69, 9.17) is 9.15 Å². The molecule has 0 spiro atoms. The van der Waals surface area contributed by atoms with Crippen LogP contribution in [0.15, 0.2) is 22.8 Å². The van der Waals surface area contributed by atoms with Gasteiger partial charge in [-0.15, -0.1) is 0 Å². The molecule has 1 aliphatic carbocycles. The molecule has 86 valence electrons. The maximum atomic E-state index is 11.6. The van der Waals surface area contributed by atoms with Crippen molar-refractivity contribution in [3.05, 3.63) is 24.2 Å². The molecule has 4 nitrogen and oxygen atoms in total. The second kappa shape index (κ2) is 4.51. The summed E-state index contributed by atoms with van der Waals surface area (Å²) >= 11 is 0. The number of esters is 1. The normalized spacial score (nSPS) is 25.4. The van der Waals surface area contributed by atoms with Gasteiger partial charge in [-0.2, -0.15) is 0 Å². The Hall–Kier alpha value is -1.58. The van der Waals surface area contributed by atoms with Crippen LogP contribution in [0, 0.1) is 5.92 Å². The van der Waals surface area contributed by atoms with Gasteiger partial charge in [0.2, 0.25) is 0 Å². The van der Waals surface area contributed by atoms with Crippen LogP contribution < -0.4 is 0 Å². The highest BCUT2D eigenvalue weighted by atomic mass is 16.5. The molecule has 0 bridgehead atoms. The molecule has 1 aliphatic rings. The molecule has 16 heavy (non-hydrogen) atoms. The van der Waals surface area contributed by atoms with Gasteiger partial charge in [-0.05, 0) is 18.6 Å². The molecule has 2 rings (SSSR count). The van der Waals surface area contributed by atoms with Crippen LogP contribution in [0.25, 0.3) is 0 Å². The van der Waals surface area contributed by atoms with Crippen molar-refractivity contribution >= 4 is 11.8 Å². The van der Waals surface area contributed by atoms with E-state index in [1.54, 1.807) is 18.4 Å². The minimum absolute atomic E-state index is 0.163. The van der Waals surface area contributed by atoms with E-state index in [1.807, 2.05) is 0 Å². The fraction of sp³-hybridized carbons (Fsp3) is 0.500. The Kier molecular flexibility index (Phi) is 3.08. The average molecular weight is 222 g/mol. The Labute approximate surface area is 93.6 Å². The third kappa shape index (κ3) is 2.01. The number of rotatable bonds is 2. The zero-order chi connectivity index (χ0) is 11.5. The molecule has 1 fully saturated rings. The monoisotopic (exact) mass is 222 g/mol. The molecule has 0 aromatic carbocycles. The molecule has 0 N–H and O–H groups in total. The summed E-state index contributed by atoms with van der Waals surface area (Å²) in [4.78, 5) is 23.0. The van der Waals surface area contributed by atoms with Crippen molar-refractivity contribution in [3.8, 4) is 0 Å². The second-order valence-electron chi connectivity index (χ2n) is 4.03. The van der Waals surface area contributed by atoms with E-state index in [2.05, 4.69) is 0 Å². The van der Waals surface area contributed by atoms with Crippen LogP contribution in [0.4, 0.5) is 0 Å². The van der Waals surface area contributed by atoms with Crippen molar-refractivity contribution in [1.29, 1.82) is 0 Å². The Balaban J connectivity index is 2.22. The lowest BCUT2D eigenvalue weighted by Gasteiger charge is -2.27. The van der Waals surface area contributed by atoms with Crippen LogP contribution >= 0.6 is 0 Å². The minimum atomic E-state index is -0.256. The molecule has 1 aromatic rings. The smallest absolute Gasteiger partial charge is 0.309 e. The highest BCUT2D eigenvalue weighted by Crippen LogP contribution is 2.37. The largest absolute Gasteiger partial charge is 0.469 e. The standard InChI is InChI=1S/C12H14O4/c1-15-12(14)9-5-4-8(13)7-10(9)11-3-2-6-16-11/h2-3,6,9-10H,4-5,7H2,1H3/t9-,10+/m1/s1. The SMILES string of the molecule is COC(=O)[C@@H]1CCC(=O)C[C@@H]1c1ccco1. The summed E-state index contributed by atoms with van der Waals surface area (Å²) < 4.78 is 10.0. The first-order chi connectivity index (χ1) is 7.72. The molecular weight excluding hydrogens is 208 g/mol. The summed E-state index contributed by atoms with van der Waals surface area (Å²) in [7, 11) is 1.37. The summed E-state index contributed by atoms with van der Waals surface area (Å²) in [6.07, 6.45) is 2.93. The molecule has 1 saturated carbocycles. The number of furan rings is 1. The van der Waals surface area contributed by atoms with E-state index in [9.17, 15) is 9.59 Å². The average Bonchev–Trinajstić information content (AvgIpc) is 2.81. The first-order valence-corrected chi connectivity index (χ1v) is 5.35. The number of ether oxygens (including phenoxy) is 1. The predicted octanol–water partition coefficient (Wildman–Crippen LogP) is 1.91. The van der Waals surface area contributed by atoms with Gasteiger partial charge >= 0.3 is 5.97 Å². The molecule has 0 saturated heterocycles. The molecule has 4 heteroatoms. The topological polar surface area (TPSA) is 56.5 Å². The lowest BCUT2D eigenvalue weighted by molar-refractivity contribution is -0.148. The number of carbonyl (C=O) groups is 2. The molecule has 0 unspecified atom stereocenters. The molecule has 0 amide bonds. The molecule has 0 radical (unpaired) electrons. The Morgan fingerprint density at radius 2 is 2.38 bits per heavy atom. The van der Waals surface area contributed by atoms with E-state index in [0.29, 0.717) is 25.0 Å². The summed E-state index contributed by atoms with van der Waals surface area (Å²) in [5, 5.41) is 0. The number of hydrogen-bond donors (Lipinski definition) is 0. The first-order valence-electron chi connectivity index (χ1n) is 5.35. The third-order valence-corrected chi connectivity index (χ3v) is 3.08. The van der Waals surface area contributed by atoms with Gasteiger partial charge < -0.3 is 9.15 Å². The summed E-state index contributed by atoms with van der Waals surface area (Å²) in [5.41, 5.74) is 0. The zero-order valence-corrected chi connectivity index (χ0v) is 9.14. The van der Waals surface area contributed by atoms with Crippen molar-refractivity contribution in [2.75, 3.05) is 7.11 Å². The lowest BCUT2D eigenvalue weighted by Crippen LogP contribution is -2.30. The zero-order valence-electron chi connectivity index (χ0n) is 9.14. The number of ketones is 1. The number of Topliss-reactive ketones (excluding diaryl/α,β-unsaturated/α-hetero) is 1. The molecule has 2 atom stereocenters. The van der Waals surface area contributed by atoms with Crippen molar-refractivity contribution in [3.63, 3.8) is 0 Å². The van der Waals surface area contributed by atoms with Gasteiger partial charge in [0.25, 0.3) is 0 Å². The van der Waals surface area contributed by atoms with E-state index in [-0.39, 0.29) is 23.6 Å². The number of carbonyl (C=O) groups excluding carboxylic acids is 2. The molecule has 1 aromatic heterocycles. The predicted molar refractivity (Wildman–Crippen MR) is 55.8 cm³/mol. The lowest BCUT2D eigenvalue weighted by atomic mass is 9.77. The van der Waals surface area contributed by atoms with Crippen LogP contribution in [0.3, 0.4) is 0 Å². The van der Waals surface area contributed by atoms with Crippen molar-refractivity contribution in [2.24, 2.45) is 5.92 Å². The van der Waals surface area contributed by atoms with Gasteiger partial charge in [-0.3, -0.25) is 9.59 Å². The molecule has 1 heterocycles. The van der Waals surface area contributed by atoms with Gasteiger partial charge in [0, 0.05) is 18.8 Å². The maximum Gasteiger partial charge on any atom is 0.309 e. The van der Waals surface area contributed by atoms with Gasteiger partial charge in [-0.25, -0.2) is 0 Å². The number of methoxy groups -OCH3 is 1.